The third-order valence-corrected chi connectivity index (χ3v) is 3.87. The Balaban J connectivity index is 1.56. The number of nitrogens with one attached hydrogen (secondary N) is 3. The van der Waals surface area contributed by atoms with Crippen molar-refractivity contribution < 1.29 is 19.1 Å². The van der Waals surface area contributed by atoms with Gasteiger partial charge in [-0.25, -0.2) is 4.79 Å². The smallest absolute Gasteiger partial charge is 0.322 e. The van der Waals surface area contributed by atoms with Gasteiger partial charge in [0, 0.05) is 5.69 Å². The quantitative estimate of drug-likeness (QED) is 0.753. The summed E-state index contributed by atoms with van der Waals surface area (Å²) in [5, 5.41) is 7.93. The van der Waals surface area contributed by atoms with Gasteiger partial charge in [-0.05, 0) is 43.3 Å². The number of amides is 4. The maximum atomic E-state index is 12.4. The van der Waals surface area contributed by atoms with Gasteiger partial charge in [-0.3, -0.25) is 14.5 Å². The number of carbonyl (C=O) groups is 3. The monoisotopic (exact) mass is 368 g/mol. The Morgan fingerprint density at radius 1 is 1.15 bits per heavy atom. The maximum absolute atomic E-state index is 12.4. The van der Waals surface area contributed by atoms with Crippen LogP contribution in [0.4, 0.5) is 21.9 Å². The number of anilines is 3. The summed E-state index contributed by atoms with van der Waals surface area (Å²) >= 11 is 0. The van der Waals surface area contributed by atoms with Crippen LogP contribution in [0, 0.1) is 0 Å². The van der Waals surface area contributed by atoms with Crippen LogP contribution in [0.2, 0.25) is 0 Å². The molecule has 1 aliphatic rings. The third kappa shape index (κ3) is 4.55. The highest BCUT2D eigenvalue weighted by Crippen LogP contribution is 2.28. The van der Waals surface area contributed by atoms with Crippen molar-refractivity contribution in [2.45, 2.75) is 6.92 Å². The lowest BCUT2D eigenvalue weighted by molar-refractivity contribution is -0.115. The lowest BCUT2D eigenvalue weighted by Gasteiger charge is -2.29. The zero-order valence-corrected chi connectivity index (χ0v) is 14.8. The summed E-state index contributed by atoms with van der Waals surface area (Å²) in [7, 11) is 0. The van der Waals surface area contributed by atoms with Gasteiger partial charge in [-0.1, -0.05) is 12.1 Å². The molecule has 1 aliphatic heterocycles. The number of fused-ring (bicyclic) bond motifs is 1. The molecule has 3 N–H and O–H groups in total. The van der Waals surface area contributed by atoms with Crippen LogP contribution in [0.5, 0.6) is 5.75 Å². The Bertz CT molecular complexity index is 851. The van der Waals surface area contributed by atoms with Crippen LogP contribution in [0.25, 0.3) is 0 Å². The fourth-order valence-corrected chi connectivity index (χ4v) is 2.67. The normalized spacial score (nSPS) is 12.6. The summed E-state index contributed by atoms with van der Waals surface area (Å²) in [5.74, 6) is 0.0517. The summed E-state index contributed by atoms with van der Waals surface area (Å²) < 4.78 is 5.34. The first-order valence-corrected chi connectivity index (χ1v) is 8.54. The number of benzene rings is 2. The van der Waals surface area contributed by atoms with Gasteiger partial charge in [-0.2, -0.15) is 0 Å². The van der Waals surface area contributed by atoms with Crippen molar-refractivity contribution in [1.29, 1.82) is 0 Å². The van der Waals surface area contributed by atoms with Gasteiger partial charge in [0.05, 0.1) is 24.5 Å². The van der Waals surface area contributed by atoms with E-state index < -0.39 is 6.03 Å². The van der Waals surface area contributed by atoms with Gasteiger partial charge in [0.1, 0.15) is 12.3 Å². The lowest BCUT2D eigenvalue weighted by atomic mass is 10.2. The van der Waals surface area contributed by atoms with E-state index in [1.54, 1.807) is 48.5 Å². The topological polar surface area (TPSA) is 99.8 Å². The molecule has 27 heavy (non-hydrogen) atoms. The van der Waals surface area contributed by atoms with Gasteiger partial charge >= 0.3 is 6.03 Å². The van der Waals surface area contributed by atoms with E-state index in [0.717, 1.165) is 0 Å². The van der Waals surface area contributed by atoms with E-state index >= 15 is 0 Å². The van der Waals surface area contributed by atoms with Crippen molar-refractivity contribution in [3.63, 3.8) is 0 Å². The van der Waals surface area contributed by atoms with Crippen LogP contribution in [0.15, 0.2) is 48.5 Å². The van der Waals surface area contributed by atoms with Gasteiger partial charge in [-0.15, -0.1) is 0 Å². The van der Waals surface area contributed by atoms with Crippen LogP contribution in [-0.4, -0.2) is 37.5 Å². The second-order valence-electron chi connectivity index (χ2n) is 5.82. The zero-order chi connectivity index (χ0) is 19.2. The highest BCUT2D eigenvalue weighted by atomic mass is 16.5. The number of carbonyl (C=O) groups excluding carboxylic acids is 3. The first-order valence-electron chi connectivity index (χ1n) is 8.54. The predicted octanol–water partition coefficient (Wildman–Crippen LogP) is 2.19. The molecule has 0 saturated carbocycles. The van der Waals surface area contributed by atoms with E-state index in [4.69, 9.17) is 4.74 Å². The third-order valence-electron chi connectivity index (χ3n) is 3.87. The van der Waals surface area contributed by atoms with Crippen molar-refractivity contribution >= 4 is 34.9 Å². The number of nitrogens with zero attached hydrogens (tertiary/aromatic N) is 1. The minimum absolute atomic E-state index is 0.108. The Morgan fingerprint density at radius 3 is 2.63 bits per heavy atom. The van der Waals surface area contributed by atoms with E-state index in [1.165, 1.54) is 4.90 Å². The molecule has 3 rings (SSSR count). The molecule has 2 aromatic rings. The van der Waals surface area contributed by atoms with Crippen molar-refractivity contribution in [2.75, 3.05) is 35.2 Å². The van der Waals surface area contributed by atoms with Crippen LogP contribution in [-0.2, 0) is 9.59 Å². The summed E-state index contributed by atoms with van der Waals surface area (Å²) in [6.07, 6.45) is 0. The molecule has 0 bridgehead atoms. The Labute approximate surface area is 156 Å². The molecular formula is C19H20N4O4. The molecule has 0 saturated heterocycles. The summed E-state index contributed by atoms with van der Waals surface area (Å²) in [6.45, 7) is 2.13. The van der Waals surface area contributed by atoms with Crippen LogP contribution < -0.4 is 25.6 Å². The van der Waals surface area contributed by atoms with Gasteiger partial charge < -0.3 is 20.7 Å². The summed E-state index contributed by atoms with van der Waals surface area (Å²) in [5.41, 5.74) is 1.74. The second kappa shape index (κ2) is 8.22. The summed E-state index contributed by atoms with van der Waals surface area (Å²) in [4.78, 5) is 37.6. The fraction of sp³-hybridized carbons (Fsp3) is 0.211. The molecule has 8 nitrogen and oxygen atoms in total. The average molecular weight is 368 g/mol. The molecule has 0 radical (unpaired) electrons. The minimum Gasteiger partial charge on any atom is -0.494 e. The predicted molar refractivity (Wildman–Crippen MR) is 102 cm³/mol. The fourth-order valence-electron chi connectivity index (χ4n) is 2.67. The average Bonchev–Trinajstić information content (AvgIpc) is 2.67. The lowest BCUT2D eigenvalue weighted by Crippen LogP contribution is -2.48. The van der Waals surface area contributed by atoms with Gasteiger partial charge in [0.2, 0.25) is 11.8 Å². The molecule has 0 atom stereocenters. The summed E-state index contributed by atoms with van der Waals surface area (Å²) in [6, 6.07) is 13.4. The Morgan fingerprint density at radius 2 is 1.89 bits per heavy atom. The van der Waals surface area contributed by atoms with Crippen molar-refractivity contribution in [3.8, 4) is 5.75 Å². The minimum atomic E-state index is -0.515. The molecular weight excluding hydrogens is 348 g/mol. The Kier molecular flexibility index (Phi) is 5.55. The number of urea groups is 1. The molecule has 0 aliphatic carbocycles. The van der Waals surface area contributed by atoms with Crippen molar-refractivity contribution in [1.82, 2.24) is 5.32 Å². The van der Waals surface area contributed by atoms with Crippen molar-refractivity contribution in [3.05, 3.63) is 48.5 Å². The number of hydrogen-bond donors (Lipinski definition) is 3. The maximum Gasteiger partial charge on any atom is 0.322 e. The number of rotatable bonds is 5. The van der Waals surface area contributed by atoms with Gasteiger partial charge in [0.15, 0.2) is 0 Å². The molecule has 0 unspecified atom stereocenters. The molecule has 2 aromatic carbocycles. The molecule has 0 aromatic heterocycles. The van der Waals surface area contributed by atoms with Gasteiger partial charge in [0.25, 0.3) is 0 Å². The first kappa shape index (κ1) is 18.2. The zero-order valence-electron chi connectivity index (χ0n) is 14.8. The van der Waals surface area contributed by atoms with E-state index in [1.807, 2.05) is 6.92 Å². The molecule has 1 heterocycles. The standard InChI is InChI=1S/C19H20N4O4/c1-2-27-14-9-7-13(8-10-14)21-17(24)11-20-19(26)23-12-18(25)22-15-5-3-4-6-16(15)23/h3-10H,2,11-12H2,1H3,(H,20,26)(H,21,24)(H,22,25). The van der Waals surface area contributed by atoms with Crippen LogP contribution in [0.1, 0.15) is 6.92 Å². The number of para-hydroxylation sites is 2. The van der Waals surface area contributed by atoms with E-state index in [-0.39, 0.29) is 24.9 Å². The SMILES string of the molecule is CCOc1ccc(NC(=O)CNC(=O)N2CC(=O)Nc3ccccc32)cc1. The molecule has 0 fully saturated rings. The number of hydrogen-bond acceptors (Lipinski definition) is 4. The highest BCUT2D eigenvalue weighted by Gasteiger charge is 2.26. The molecule has 140 valence electrons. The van der Waals surface area contributed by atoms with E-state index in [2.05, 4.69) is 16.0 Å². The largest absolute Gasteiger partial charge is 0.494 e. The van der Waals surface area contributed by atoms with Crippen molar-refractivity contribution in [2.24, 2.45) is 0 Å². The molecule has 8 heteroatoms. The Hall–Kier alpha value is -3.55. The first-order chi connectivity index (χ1) is 13.1. The van der Waals surface area contributed by atoms with Crippen LogP contribution >= 0.6 is 0 Å². The van der Waals surface area contributed by atoms with E-state index in [9.17, 15) is 14.4 Å². The van der Waals surface area contributed by atoms with Crippen LogP contribution in [0.3, 0.4) is 0 Å². The van der Waals surface area contributed by atoms with E-state index in [0.29, 0.717) is 29.4 Å². The molecule has 4 amide bonds. The number of ether oxygens (including phenoxy) is 1. The highest BCUT2D eigenvalue weighted by molar-refractivity contribution is 6.10. The second-order valence-corrected chi connectivity index (χ2v) is 5.82. The molecule has 0 spiro atoms.